The Morgan fingerprint density at radius 3 is 2.64 bits per heavy atom. The van der Waals surface area contributed by atoms with Crippen molar-refractivity contribution < 1.29 is 5.11 Å². The van der Waals surface area contributed by atoms with Gasteiger partial charge >= 0.3 is 0 Å². The molecule has 1 fully saturated rings. The van der Waals surface area contributed by atoms with Gasteiger partial charge in [0, 0.05) is 6.04 Å². The molecule has 1 aromatic heterocycles. The van der Waals surface area contributed by atoms with E-state index in [1.807, 2.05) is 0 Å². The highest BCUT2D eigenvalue weighted by Crippen LogP contribution is 2.26. The van der Waals surface area contributed by atoms with Gasteiger partial charge in [-0.2, -0.15) is 4.98 Å². The molecule has 1 saturated carbocycles. The fraction of sp³-hybridized carbons (Fsp3) is 0.571. The summed E-state index contributed by atoms with van der Waals surface area (Å²) in [5, 5.41) is 19.4. The molecule has 1 aliphatic carbocycles. The quantitative estimate of drug-likeness (QED) is 0.803. The van der Waals surface area contributed by atoms with E-state index in [1.54, 1.807) is 0 Å². The van der Waals surface area contributed by atoms with Gasteiger partial charge in [0.15, 0.2) is 11.0 Å². The maximum atomic E-state index is 9.07. The highest BCUT2D eigenvalue weighted by molar-refractivity contribution is 6.32. The van der Waals surface area contributed by atoms with Crippen LogP contribution in [-0.2, 0) is 0 Å². The first-order valence-corrected chi connectivity index (χ1v) is 4.91. The van der Waals surface area contributed by atoms with Crippen LogP contribution < -0.4 is 5.32 Å². The second kappa shape index (κ2) is 3.84. The number of rotatable bonds is 2. The summed E-state index contributed by atoms with van der Waals surface area (Å²) in [5.41, 5.74) is 0. The van der Waals surface area contributed by atoms with E-state index in [9.17, 15) is 0 Å². The highest BCUT2D eigenvalue weighted by Gasteiger charge is 2.28. The van der Waals surface area contributed by atoms with E-state index < -0.39 is 0 Å². The van der Waals surface area contributed by atoms with Crippen molar-refractivity contribution in [3.05, 3.63) is 10.4 Å². The van der Waals surface area contributed by atoms with Gasteiger partial charge in [-0.25, -0.2) is 0 Å². The van der Waals surface area contributed by atoms with Gasteiger partial charge in [-0.3, -0.25) is 0 Å². The Bertz CT molecular complexity index is 342. The summed E-state index contributed by atoms with van der Waals surface area (Å²) in [5.74, 6) is 0.420. The third-order valence-electron chi connectivity index (χ3n) is 2.07. The molecule has 0 radical (unpaired) electrons. The van der Waals surface area contributed by atoms with Gasteiger partial charge < -0.3 is 10.4 Å². The molecule has 0 atom stereocenters. The van der Waals surface area contributed by atoms with Gasteiger partial charge in [0.1, 0.15) is 0 Å². The predicted molar refractivity (Wildman–Crippen MR) is 52.5 cm³/mol. The molecule has 7 heteroatoms. The van der Waals surface area contributed by atoms with Crippen LogP contribution in [0.3, 0.4) is 0 Å². The fourth-order valence-corrected chi connectivity index (χ4v) is 1.54. The monoisotopic (exact) mass is 234 g/mol. The molecule has 76 valence electrons. The normalized spacial score (nSPS) is 25.6. The molecule has 2 rings (SSSR count). The third kappa shape index (κ3) is 2.05. The van der Waals surface area contributed by atoms with Crippen molar-refractivity contribution >= 4 is 29.0 Å². The Morgan fingerprint density at radius 2 is 2.00 bits per heavy atom. The number of aromatic nitrogens is 3. The van der Waals surface area contributed by atoms with E-state index in [0.29, 0.717) is 18.7 Å². The van der Waals surface area contributed by atoms with Gasteiger partial charge in [-0.05, 0) is 24.4 Å². The molecular formula is C7H8Cl2N4O. The van der Waals surface area contributed by atoms with Crippen LogP contribution in [0.5, 0.6) is 0 Å². The second-order valence-corrected chi connectivity index (χ2v) is 3.88. The van der Waals surface area contributed by atoms with Crippen molar-refractivity contribution in [2.45, 2.75) is 25.0 Å². The average Bonchev–Trinajstić information content (AvgIpc) is 2.09. The van der Waals surface area contributed by atoms with Gasteiger partial charge in [0.05, 0.1) is 6.10 Å². The van der Waals surface area contributed by atoms with Crippen molar-refractivity contribution in [1.82, 2.24) is 15.2 Å². The number of aliphatic hydroxyl groups excluding tert-OH is 1. The van der Waals surface area contributed by atoms with E-state index >= 15 is 0 Å². The molecule has 1 heterocycles. The zero-order chi connectivity index (χ0) is 10.1. The van der Waals surface area contributed by atoms with Crippen LogP contribution in [-0.4, -0.2) is 32.4 Å². The molecular weight excluding hydrogens is 227 g/mol. The fourth-order valence-electron chi connectivity index (χ4n) is 1.28. The lowest BCUT2D eigenvalue weighted by Crippen LogP contribution is -2.39. The number of aliphatic hydroxyl groups is 1. The zero-order valence-electron chi connectivity index (χ0n) is 7.11. The van der Waals surface area contributed by atoms with E-state index in [-0.39, 0.29) is 22.6 Å². The molecule has 0 spiro atoms. The lowest BCUT2D eigenvalue weighted by Gasteiger charge is -2.32. The first kappa shape index (κ1) is 9.89. The molecule has 2 N–H and O–H groups in total. The minimum Gasteiger partial charge on any atom is -0.393 e. The molecule has 0 aromatic carbocycles. The molecule has 0 saturated heterocycles. The highest BCUT2D eigenvalue weighted by atomic mass is 35.5. The summed E-state index contributed by atoms with van der Waals surface area (Å²) < 4.78 is 0. The third-order valence-corrected chi connectivity index (χ3v) is 2.49. The van der Waals surface area contributed by atoms with Crippen molar-refractivity contribution in [3.8, 4) is 0 Å². The number of nitrogens with one attached hydrogen (secondary N) is 1. The molecule has 1 aliphatic rings. The SMILES string of the molecule is OC1CC(Nc2nc(Cl)nnc2Cl)C1. The zero-order valence-corrected chi connectivity index (χ0v) is 8.63. The summed E-state index contributed by atoms with van der Waals surface area (Å²) >= 11 is 11.3. The summed E-state index contributed by atoms with van der Waals surface area (Å²) in [6.45, 7) is 0. The first-order chi connectivity index (χ1) is 6.65. The van der Waals surface area contributed by atoms with Gasteiger partial charge in [-0.15, -0.1) is 10.2 Å². The maximum Gasteiger partial charge on any atom is 0.245 e. The van der Waals surface area contributed by atoms with E-state index in [4.69, 9.17) is 28.3 Å². The first-order valence-electron chi connectivity index (χ1n) is 4.15. The van der Waals surface area contributed by atoms with Crippen LogP contribution in [0.25, 0.3) is 0 Å². The van der Waals surface area contributed by atoms with Gasteiger partial charge in [0.25, 0.3) is 0 Å². The molecule has 1 aromatic rings. The van der Waals surface area contributed by atoms with Crippen LogP contribution in [0, 0.1) is 0 Å². The largest absolute Gasteiger partial charge is 0.393 e. The van der Waals surface area contributed by atoms with Crippen molar-refractivity contribution in [2.24, 2.45) is 0 Å². The Hall–Kier alpha value is -0.650. The number of nitrogens with zero attached hydrogens (tertiary/aromatic N) is 3. The molecule has 5 nitrogen and oxygen atoms in total. The van der Waals surface area contributed by atoms with Gasteiger partial charge in [0.2, 0.25) is 5.28 Å². The van der Waals surface area contributed by atoms with Crippen molar-refractivity contribution in [3.63, 3.8) is 0 Å². The van der Waals surface area contributed by atoms with Crippen LogP contribution in [0.15, 0.2) is 0 Å². The topological polar surface area (TPSA) is 70.9 Å². The molecule has 0 amide bonds. The van der Waals surface area contributed by atoms with Crippen molar-refractivity contribution in [1.29, 1.82) is 0 Å². The Kier molecular flexibility index (Phi) is 2.71. The number of hydrogen-bond acceptors (Lipinski definition) is 5. The standard InChI is InChI=1S/C7H8Cl2N4O/c8-5-6(11-7(9)13-12-5)10-3-1-4(14)2-3/h3-4,14H,1-2H2,(H,10,11,13). The van der Waals surface area contributed by atoms with Crippen LogP contribution in [0.2, 0.25) is 10.4 Å². The minimum absolute atomic E-state index is 0.0526. The van der Waals surface area contributed by atoms with E-state index in [0.717, 1.165) is 0 Å². The average molecular weight is 235 g/mol. The van der Waals surface area contributed by atoms with E-state index in [2.05, 4.69) is 20.5 Å². The lowest BCUT2D eigenvalue weighted by atomic mass is 9.90. The molecule has 0 bridgehead atoms. The van der Waals surface area contributed by atoms with Crippen LogP contribution in [0.1, 0.15) is 12.8 Å². The Balaban J connectivity index is 2.05. The van der Waals surface area contributed by atoms with E-state index in [1.165, 1.54) is 0 Å². The Morgan fingerprint density at radius 1 is 1.29 bits per heavy atom. The lowest BCUT2D eigenvalue weighted by molar-refractivity contribution is 0.0835. The Labute approximate surface area is 90.5 Å². The molecule has 0 unspecified atom stereocenters. The summed E-state index contributed by atoms with van der Waals surface area (Å²) in [7, 11) is 0. The van der Waals surface area contributed by atoms with Crippen molar-refractivity contribution in [2.75, 3.05) is 5.32 Å². The van der Waals surface area contributed by atoms with Crippen LogP contribution >= 0.6 is 23.2 Å². The summed E-state index contributed by atoms with van der Waals surface area (Å²) in [6.07, 6.45) is 1.16. The maximum absolute atomic E-state index is 9.07. The smallest absolute Gasteiger partial charge is 0.245 e. The summed E-state index contributed by atoms with van der Waals surface area (Å²) in [6, 6.07) is 0.190. The number of halogens is 2. The number of anilines is 1. The van der Waals surface area contributed by atoms with Crippen LogP contribution in [0.4, 0.5) is 5.82 Å². The van der Waals surface area contributed by atoms with Gasteiger partial charge in [-0.1, -0.05) is 11.6 Å². The predicted octanol–water partition coefficient (Wildman–Crippen LogP) is 1.11. The summed E-state index contributed by atoms with van der Waals surface area (Å²) in [4.78, 5) is 3.89. The second-order valence-electron chi connectivity index (χ2n) is 3.19. The minimum atomic E-state index is -0.225. The number of hydrogen-bond donors (Lipinski definition) is 2. The molecule has 0 aliphatic heterocycles. The molecule has 14 heavy (non-hydrogen) atoms.